The standard InChI is InChI=1S/C66H80N6O20S2/c1-39(73)69-55-49(75)35-65(63(85)86,91-59(55)57(81)51(77)37-67-61(83)45-22-18-43(19-23-45)41-12-5-3-6-13-41)89-28-10-30-93-32-26-53(79)71-47-16-9-17-48(34-47)72-54(80)27-33-94-31-11-29-90-66(64(87)88)36-50(76)56(70-40(2)74)60(92-66)58(82)52(78)38-68-62(84)46-24-20-44(21-25-46)42-14-7-4-8-15-42/h3-9,12-25,34,49-52,55-60,75-78,81-82H,10-11,26-33,35-38H2,1-2H3,(H,67,83)(H,68,84)(H,69,73)(H,70,74)(H,71,79)(H,72,80)(H,85,86)(H,87,88)/t49-,50-,51+,52?,55+,56?,57?,58+,59?,60?,65+,66+/m0/s1. The van der Waals surface area contributed by atoms with Crippen LogP contribution in [0.2, 0.25) is 0 Å². The number of anilines is 2. The Kier molecular flexibility index (Phi) is 27.9. The van der Waals surface area contributed by atoms with Crippen LogP contribution in [0.5, 0.6) is 0 Å². The fourth-order valence-corrected chi connectivity index (χ4v) is 12.2. The van der Waals surface area contributed by atoms with Crippen LogP contribution in [-0.4, -0.2) is 210 Å². The molecular formula is C66H80N6O20S2. The third-order valence-electron chi connectivity index (χ3n) is 15.4. The van der Waals surface area contributed by atoms with Gasteiger partial charge in [0.1, 0.15) is 24.4 Å². The largest absolute Gasteiger partial charge is 0.477 e. The average Bonchev–Trinajstić information content (AvgIpc) is 0.777. The topological polar surface area (TPSA) is 408 Å². The Morgan fingerprint density at radius 1 is 0.511 bits per heavy atom. The number of nitrogens with one attached hydrogen (secondary N) is 6. The molecule has 28 heteroatoms. The smallest absolute Gasteiger partial charge is 0.364 e. The minimum atomic E-state index is -2.51. The maximum absolute atomic E-state index is 13.0. The molecule has 5 aromatic rings. The van der Waals surface area contributed by atoms with Crippen molar-refractivity contribution in [3.63, 3.8) is 0 Å². The zero-order valence-electron chi connectivity index (χ0n) is 51.7. The van der Waals surface area contributed by atoms with E-state index in [1.54, 1.807) is 72.8 Å². The maximum Gasteiger partial charge on any atom is 0.364 e. The normalized spacial score (nSPS) is 22.3. The molecule has 7 rings (SSSR count). The highest BCUT2D eigenvalue weighted by molar-refractivity contribution is 7.99. The van der Waals surface area contributed by atoms with Crippen LogP contribution in [0.1, 0.15) is 73.1 Å². The van der Waals surface area contributed by atoms with Gasteiger partial charge in [-0.2, -0.15) is 23.5 Å². The van der Waals surface area contributed by atoms with Gasteiger partial charge in [-0.05, 0) is 89.1 Å². The lowest BCUT2D eigenvalue weighted by Crippen LogP contribution is -2.68. The summed E-state index contributed by atoms with van der Waals surface area (Å²) in [5.74, 6) is -9.85. The molecule has 2 saturated heterocycles. The van der Waals surface area contributed by atoms with Gasteiger partial charge >= 0.3 is 11.9 Å². The first-order chi connectivity index (χ1) is 45.0. The van der Waals surface area contributed by atoms with E-state index in [1.807, 2.05) is 60.7 Å². The van der Waals surface area contributed by atoms with Gasteiger partial charge in [0.15, 0.2) is 0 Å². The highest BCUT2D eigenvalue weighted by Crippen LogP contribution is 2.36. The quantitative estimate of drug-likeness (QED) is 0.0263. The summed E-state index contributed by atoms with van der Waals surface area (Å²) >= 11 is 2.74. The van der Waals surface area contributed by atoms with Gasteiger partial charge in [-0.1, -0.05) is 91.0 Å². The molecule has 6 amide bonds. The average molecular weight is 1340 g/mol. The minimum Gasteiger partial charge on any atom is -0.477 e. The molecule has 0 spiro atoms. The van der Waals surface area contributed by atoms with Crippen molar-refractivity contribution >= 4 is 82.3 Å². The summed E-state index contributed by atoms with van der Waals surface area (Å²) in [5.41, 5.74) is 4.98. The highest BCUT2D eigenvalue weighted by Gasteiger charge is 2.57. The van der Waals surface area contributed by atoms with Gasteiger partial charge in [0, 0.05) is 86.6 Å². The molecule has 5 unspecified atom stereocenters. The van der Waals surface area contributed by atoms with Crippen molar-refractivity contribution in [2.24, 2.45) is 0 Å². The van der Waals surface area contributed by atoms with Gasteiger partial charge < -0.3 is 91.7 Å². The van der Waals surface area contributed by atoms with Gasteiger partial charge in [-0.15, -0.1) is 0 Å². The van der Waals surface area contributed by atoms with Crippen molar-refractivity contribution in [1.82, 2.24) is 21.3 Å². The van der Waals surface area contributed by atoms with Crippen LogP contribution in [0.25, 0.3) is 22.3 Å². The number of ether oxygens (including phenoxy) is 4. The number of carboxylic acids is 2. The SMILES string of the molecule is CC(=O)NC1C([C@H](O)C(O)CNC(=O)c2ccc(-c3ccccc3)cc2)O[C@@](OCCCSCCC(=O)Nc2cccc(NC(=O)CCSCCCO[C@]3(C(=O)O)C[C@H](O)[C@@H](NC(C)=O)C(C(O)[C@H](O)CNC(=O)c4ccc(-c5ccccc5)cc4)O3)c2)(C(=O)O)C[C@@H]1O. The van der Waals surface area contributed by atoms with Gasteiger partial charge in [0.05, 0.1) is 49.7 Å². The Morgan fingerprint density at radius 3 is 1.22 bits per heavy atom. The number of aliphatic carboxylic acids is 2. The number of carboxylic acid groups (broad SMARTS) is 2. The van der Waals surface area contributed by atoms with Crippen LogP contribution in [0, 0.1) is 0 Å². The van der Waals surface area contributed by atoms with Crippen LogP contribution in [0.3, 0.4) is 0 Å². The predicted molar refractivity (Wildman–Crippen MR) is 348 cm³/mol. The molecule has 94 heavy (non-hydrogen) atoms. The van der Waals surface area contributed by atoms with Crippen molar-refractivity contribution in [2.45, 2.75) is 125 Å². The number of carbonyl (C=O) groups excluding carboxylic acids is 6. The van der Waals surface area contributed by atoms with Gasteiger partial charge in [-0.25, -0.2) is 9.59 Å². The molecule has 0 saturated carbocycles. The maximum atomic E-state index is 13.0. The Bertz CT molecular complexity index is 3130. The van der Waals surface area contributed by atoms with Crippen LogP contribution >= 0.6 is 23.5 Å². The summed E-state index contributed by atoms with van der Waals surface area (Å²) in [6.07, 6.45) is -14.7. The van der Waals surface area contributed by atoms with E-state index in [4.69, 9.17) is 18.9 Å². The third kappa shape index (κ3) is 21.1. The molecule has 14 N–H and O–H groups in total. The van der Waals surface area contributed by atoms with E-state index in [-0.39, 0.29) is 61.8 Å². The van der Waals surface area contributed by atoms with Crippen molar-refractivity contribution in [3.05, 3.63) is 145 Å². The first kappa shape index (κ1) is 73.6. The number of carbonyl (C=O) groups is 8. The fourth-order valence-electron chi connectivity index (χ4n) is 10.5. The summed E-state index contributed by atoms with van der Waals surface area (Å²) < 4.78 is 23.2. The van der Waals surface area contributed by atoms with Gasteiger partial charge in [-0.3, -0.25) is 28.8 Å². The van der Waals surface area contributed by atoms with Crippen molar-refractivity contribution < 1.29 is 98.2 Å². The molecule has 12 atom stereocenters. The molecular weight excluding hydrogens is 1260 g/mol. The number of hydrogen-bond donors (Lipinski definition) is 14. The zero-order chi connectivity index (χ0) is 68.0. The van der Waals surface area contributed by atoms with Crippen LogP contribution in [0.4, 0.5) is 11.4 Å². The molecule has 2 aliphatic heterocycles. The Morgan fingerprint density at radius 2 is 0.872 bits per heavy atom. The summed E-state index contributed by atoms with van der Waals surface area (Å²) in [6, 6.07) is 36.1. The van der Waals surface area contributed by atoms with E-state index in [2.05, 4.69) is 31.9 Å². The second kappa shape index (κ2) is 35.6. The van der Waals surface area contributed by atoms with Crippen molar-refractivity contribution in [1.29, 1.82) is 0 Å². The number of amides is 6. The number of rotatable bonds is 34. The number of aliphatic hydroxyl groups is 6. The van der Waals surface area contributed by atoms with E-state index < -0.39 is 134 Å². The van der Waals surface area contributed by atoms with E-state index >= 15 is 0 Å². The Balaban J connectivity index is 0.786. The lowest BCUT2D eigenvalue weighted by Gasteiger charge is -2.46. The minimum absolute atomic E-state index is 0.0839. The number of benzene rings is 5. The van der Waals surface area contributed by atoms with Crippen molar-refractivity contribution in [2.75, 3.05) is 59.9 Å². The summed E-state index contributed by atoms with van der Waals surface area (Å²) in [5, 5.41) is 103. The zero-order valence-corrected chi connectivity index (χ0v) is 53.3. The Hall–Kier alpha value is -7.84. The van der Waals surface area contributed by atoms with Crippen LogP contribution < -0.4 is 31.9 Å². The molecule has 2 heterocycles. The number of aliphatic hydroxyl groups excluding tert-OH is 6. The molecule has 2 fully saturated rings. The molecule has 506 valence electrons. The van der Waals surface area contributed by atoms with Crippen molar-refractivity contribution in [3.8, 4) is 22.3 Å². The van der Waals surface area contributed by atoms with Gasteiger partial charge in [0.2, 0.25) is 23.6 Å². The van der Waals surface area contributed by atoms with Crippen LogP contribution in [-0.2, 0) is 47.7 Å². The molecule has 0 aliphatic carbocycles. The molecule has 5 aromatic carbocycles. The summed E-state index contributed by atoms with van der Waals surface area (Å²) in [7, 11) is 0. The molecule has 0 radical (unpaired) electrons. The summed E-state index contributed by atoms with van der Waals surface area (Å²) in [6.45, 7) is 0.853. The lowest BCUT2D eigenvalue weighted by atomic mass is 9.88. The number of hydrogen-bond acceptors (Lipinski definition) is 20. The van der Waals surface area contributed by atoms with E-state index in [9.17, 15) is 79.2 Å². The second-order valence-corrected chi connectivity index (χ2v) is 25.0. The summed E-state index contributed by atoms with van der Waals surface area (Å²) in [4.78, 5) is 102. The predicted octanol–water partition coefficient (Wildman–Crippen LogP) is 3.13. The molecule has 0 bridgehead atoms. The first-order valence-electron chi connectivity index (χ1n) is 30.4. The first-order valence-corrected chi connectivity index (χ1v) is 32.7. The van der Waals surface area contributed by atoms with E-state index in [1.165, 1.54) is 23.5 Å². The van der Waals surface area contributed by atoms with E-state index in [0.717, 1.165) is 36.1 Å². The van der Waals surface area contributed by atoms with Gasteiger partial charge in [0.25, 0.3) is 23.4 Å². The molecule has 0 aromatic heterocycles. The van der Waals surface area contributed by atoms with E-state index in [0.29, 0.717) is 34.4 Å². The molecule has 2 aliphatic rings. The third-order valence-corrected chi connectivity index (χ3v) is 17.5. The second-order valence-electron chi connectivity index (χ2n) is 22.5. The number of thioether (sulfide) groups is 2. The molecule has 26 nitrogen and oxygen atoms in total. The van der Waals surface area contributed by atoms with Crippen LogP contribution in [0.15, 0.2) is 133 Å². The fraction of sp³-hybridized carbons (Fsp3) is 0.424. The Labute approximate surface area is 550 Å². The highest BCUT2D eigenvalue weighted by atomic mass is 32.2. The monoisotopic (exact) mass is 1340 g/mol. The lowest BCUT2D eigenvalue weighted by molar-refractivity contribution is -0.310.